The molecule has 0 aromatic rings. The molecule has 2 unspecified atom stereocenters. The summed E-state index contributed by atoms with van der Waals surface area (Å²) in [6, 6.07) is 0. The van der Waals surface area contributed by atoms with Gasteiger partial charge in [-0.2, -0.15) is 11.8 Å². The summed E-state index contributed by atoms with van der Waals surface area (Å²) in [4.78, 5) is 12.5. The van der Waals surface area contributed by atoms with E-state index in [1.54, 1.807) is 0 Å². The first-order chi connectivity index (χ1) is 8.60. The van der Waals surface area contributed by atoms with Gasteiger partial charge in [0.05, 0.1) is 5.41 Å². The van der Waals surface area contributed by atoms with Crippen LogP contribution in [0.25, 0.3) is 0 Å². The Morgan fingerprint density at radius 3 is 2.83 bits per heavy atom. The third-order valence-electron chi connectivity index (χ3n) is 4.38. The maximum atomic E-state index is 12.5. The molecule has 0 saturated carbocycles. The van der Waals surface area contributed by atoms with Gasteiger partial charge in [-0.25, -0.2) is 0 Å². The molecule has 0 aromatic heterocycles. The van der Waals surface area contributed by atoms with Crippen molar-refractivity contribution in [2.45, 2.75) is 50.7 Å². The highest BCUT2D eigenvalue weighted by molar-refractivity contribution is 8.00. The van der Waals surface area contributed by atoms with Crippen molar-refractivity contribution in [3.05, 3.63) is 0 Å². The smallest absolute Gasteiger partial charge is 0.227 e. The fourth-order valence-electron chi connectivity index (χ4n) is 3.17. The molecule has 2 saturated heterocycles. The van der Waals surface area contributed by atoms with Gasteiger partial charge in [0.1, 0.15) is 0 Å². The van der Waals surface area contributed by atoms with Gasteiger partial charge in [-0.1, -0.05) is 13.3 Å². The summed E-state index contributed by atoms with van der Waals surface area (Å²) in [5.74, 6) is 1.52. The number of amides is 1. The minimum Gasteiger partial charge on any atom is -0.354 e. The monoisotopic (exact) mass is 270 g/mol. The van der Waals surface area contributed by atoms with E-state index in [1.807, 2.05) is 11.8 Å². The van der Waals surface area contributed by atoms with E-state index in [2.05, 4.69) is 24.5 Å². The molecule has 2 N–H and O–H groups in total. The zero-order valence-corrected chi connectivity index (χ0v) is 12.5. The van der Waals surface area contributed by atoms with Gasteiger partial charge in [0.2, 0.25) is 5.91 Å². The average molecular weight is 270 g/mol. The molecule has 1 amide bonds. The van der Waals surface area contributed by atoms with Crippen molar-refractivity contribution in [3.63, 3.8) is 0 Å². The second-order valence-electron chi connectivity index (χ2n) is 6.04. The third kappa shape index (κ3) is 3.02. The van der Waals surface area contributed by atoms with Crippen LogP contribution in [0.5, 0.6) is 0 Å². The van der Waals surface area contributed by atoms with Crippen molar-refractivity contribution >= 4 is 17.7 Å². The molecule has 3 nitrogen and oxygen atoms in total. The van der Waals surface area contributed by atoms with Crippen LogP contribution in [-0.4, -0.2) is 36.0 Å². The van der Waals surface area contributed by atoms with Crippen LogP contribution in [0.15, 0.2) is 0 Å². The molecule has 2 heterocycles. The van der Waals surface area contributed by atoms with E-state index in [9.17, 15) is 4.79 Å². The van der Waals surface area contributed by atoms with Crippen LogP contribution in [-0.2, 0) is 4.79 Å². The molecule has 0 aliphatic carbocycles. The van der Waals surface area contributed by atoms with E-state index in [-0.39, 0.29) is 16.1 Å². The molecular weight excluding hydrogens is 244 g/mol. The van der Waals surface area contributed by atoms with E-state index >= 15 is 0 Å². The lowest BCUT2D eigenvalue weighted by molar-refractivity contribution is -0.130. The number of hydrogen-bond acceptors (Lipinski definition) is 3. The third-order valence-corrected chi connectivity index (χ3v) is 5.92. The highest BCUT2D eigenvalue weighted by Crippen LogP contribution is 2.37. The lowest BCUT2D eigenvalue weighted by Crippen LogP contribution is -2.46. The number of carbonyl (C=O) groups excluding carboxylic acids is 1. The fraction of sp³-hybridized carbons (Fsp3) is 0.929. The molecule has 18 heavy (non-hydrogen) atoms. The molecule has 0 bridgehead atoms. The predicted octanol–water partition coefficient (Wildman–Crippen LogP) is 2.17. The van der Waals surface area contributed by atoms with Crippen molar-refractivity contribution in [2.75, 3.05) is 25.4 Å². The number of nitrogens with one attached hydrogen (secondary N) is 2. The van der Waals surface area contributed by atoms with E-state index < -0.39 is 0 Å². The van der Waals surface area contributed by atoms with Gasteiger partial charge in [0.15, 0.2) is 0 Å². The highest BCUT2D eigenvalue weighted by atomic mass is 32.2. The van der Waals surface area contributed by atoms with Gasteiger partial charge in [-0.05, 0) is 44.9 Å². The lowest BCUT2D eigenvalue weighted by atomic mass is 9.81. The van der Waals surface area contributed by atoms with Crippen LogP contribution in [0.2, 0.25) is 0 Å². The Labute approximate surface area is 115 Å². The minimum absolute atomic E-state index is 0.131. The van der Waals surface area contributed by atoms with Gasteiger partial charge in [-0.3, -0.25) is 4.79 Å². The van der Waals surface area contributed by atoms with Crippen LogP contribution in [0, 0.1) is 5.41 Å². The second kappa shape index (κ2) is 5.83. The van der Waals surface area contributed by atoms with Crippen molar-refractivity contribution in [3.8, 4) is 0 Å². The van der Waals surface area contributed by atoms with Gasteiger partial charge in [0, 0.05) is 17.8 Å². The van der Waals surface area contributed by atoms with Crippen LogP contribution in [0.1, 0.15) is 46.0 Å². The van der Waals surface area contributed by atoms with E-state index in [0.717, 1.165) is 38.9 Å². The standard InChI is InChI=1S/C14H26N2OS/c1-3-5-14(7-8-15-11-14)12(17)16-10-13(2)6-4-9-18-13/h15H,3-11H2,1-2H3,(H,16,17). The summed E-state index contributed by atoms with van der Waals surface area (Å²) in [7, 11) is 0. The highest BCUT2D eigenvalue weighted by Gasteiger charge is 2.41. The summed E-state index contributed by atoms with van der Waals surface area (Å²) < 4.78 is 0.273. The Morgan fingerprint density at radius 1 is 1.44 bits per heavy atom. The SMILES string of the molecule is CCCC1(C(=O)NCC2(C)CCCS2)CCNC1. The van der Waals surface area contributed by atoms with Gasteiger partial charge < -0.3 is 10.6 Å². The molecular formula is C14H26N2OS. The zero-order valence-electron chi connectivity index (χ0n) is 11.7. The fourth-order valence-corrected chi connectivity index (χ4v) is 4.42. The van der Waals surface area contributed by atoms with Crippen molar-refractivity contribution in [1.82, 2.24) is 10.6 Å². The summed E-state index contributed by atoms with van der Waals surface area (Å²) >= 11 is 2.01. The molecule has 2 aliphatic heterocycles. The van der Waals surface area contributed by atoms with Gasteiger partial charge in [-0.15, -0.1) is 0 Å². The van der Waals surface area contributed by atoms with Crippen LogP contribution in [0.3, 0.4) is 0 Å². The van der Waals surface area contributed by atoms with Crippen LogP contribution < -0.4 is 10.6 Å². The molecule has 4 heteroatoms. The molecule has 0 radical (unpaired) electrons. The number of hydrogen-bond donors (Lipinski definition) is 2. The quantitative estimate of drug-likeness (QED) is 0.804. The molecule has 2 rings (SSSR count). The average Bonchev–Trinajstić information content (AvgIpc) is 2.97. The molecule has 0 spiro atoms. The van der Waals surface area contributed by atoms with Crippen LogP contribution in [0.4, 0.5) is 0 Å². The first kappa shape index (κ1) is 14.2. The summed E-state index contributed by atoms with van der Waals surface area (Å²) in [5.41, 5.74) is -0.131. The van der Waals surface area contributed by atoms with E-state index in [0.29, 0.717) is 0 Å². The molecule has 2 fully saturated rings. The Bertz CT molecular complexity index is 294. The van der Waals surface area contributed by atoms with Crippen LogP contribution >= 0.6 is 11.8 Å². The Balaban J connectivity index is 1.89. The Hall–Kier alpha value is -0.220. The maximum Gasteiger partial charge on any atom is 0.227 e. The maximum absolute atomic E-state index is 12.5. The van der Waals surface area contributed by atoms with Gasteiger partial charge in [0.25, 0.3) is 0 Å². The molecule has 104 valence electrons. The summed E-state index contributed by atoms with van der Waals surface area (Å²) in [6.45, 7) is 7.13. The Morgan fingerprint density at radius 2 is 2.28 bits per heavy atom. The van der Waals surface area contributed by atoms with E-state index in [4.69, 9.17) is 0 Å². The lowest BCUT2D eigenvalue weighted by Gasteiger charge is -2.30. The molecule has 2 aliphatic rings. The predicted molar refractivity (Wildman–Crippen MR) is 77.9 cm³/mol. The van der Waals surface area contributed by atoms with Crippen molar-refractivity contribution < 1.29 is 4.79 Å². The largest absolute Gasteiger partial charge is 0.354 e. The normalized spacial score (nSPS) is 35.9. The van der Waals surface area contributed by atoms with E-state index in [1.165, 1.54) is 18.6 Å². The topological polar surface area (TPSA) is 41.1 Å². The summed E-state index contributed by atoms with van der Waals surface area (Å²) in [5, 5.41) is 6.58. The van der Waals surface area contributed by atoms with Gasteiger partial charge >= 0.3 is 0 Å². The zero-order chi connectivity index (χ0) is 13.1. The first-order valence-electron chi connectivity index (χ1n) is 7.23. The first-order valence-corrected chi connectivity index (χ1v) is 8.22. The second-order valence-corrected chi connectivity index (χ2v) is 7.72. The van der Waals surface area contributed by atoms with Crippen molar-refractivity contribution in [1.29, 1.82) is 0 Å². The Kier molecular flexibility index (Phi) is 4.59. The summed E-state index contributed by atoms with van der Waals surface area (Å²) in [6.07, 6.45) is 5.61. The number of carbonyl (C=O) groups is 1. The molecule has 2 atom stereocenters. The number of rotatable bonds is 5. The molecule has 0 aromatic carbocycles. The van der Waals surface area contributed by atoms with Crippen molar-refractivity contribution in [2.24, 2.45) is 5.41 Å². The minimum atomic E-state index is -0.131. The number of thioether (sulfide) groups is 1.